The van der Waals surface area contributed by atoms with Gasteiger partial charge in [-0.05, 0) is 58.2 Å². The predicted octanol–water partition coefficient (Wildman–Crippen LogP) is 3.19. The molecule has 112 valence electrons. The molecule has 0 amide bonds. The van der Waals surface area contributed by atoms with E-state index in [1.807, 2.05) is 0 Å². The highest BCUT2D eigenvalue weighted by atomic mass is 79.9. The number of benzene rings is 2. The van der Waals surface area contributed by atoms with Crippen LogP contribution in [0.25, 0.3) is 0 Å². The third kappa shape index (κ3) is 3.42. The molecule has 0 aromatic heterocycles. The van der Waals surface area contributed by atoms with Gasteiger partial charge in [-0.3, -0.25) is 4.72 Å². The lowest BCUT2D eigenvalue weighted by Crippen LogP contribution is -2.15. The van der Waals surface area contributed by atoms with Crippen molar-refractivity contribution in [3.05, 3.63) is 57.8 Å². The zero-order valence-electron chi connectivity index (χ0n) is 11.1. The van der Waals surface area contributed by atoms with Crippen LogP contribution in [0.1, 0.15) is 11.1 Å². The van der Waals surface area contributed by atoms with Gasteiger partial charge in [0.15, 0.2) is 0 Å². The number of rotatable bonds is 4. The maximum Gasteiger partial charge on any atom is 0.262 e. The molecule has 0 saturated carbocycles. The van der Waals surface area contributed by atoms with Gasteiger partial charge in [0.25, 0.3) is 10.0 Å². The first-order valence-electron chi connectivity index (χ1n) is 6.02. The van der Waals surface area contributed by atoms with E-state index in [0.717, 1.165) is 11.6 Å². The van der Waals surface area contributed by atoms with E-state index in [2.05, 4.69) is 20.7 Å². The van der Waals surface area contributed by atoms with E-state index in [1.54, 1.807) is 13.0 Å². The molecule has 0 aliphatic heterocycles. The molecule has 0 heterocycles. The normalized spacial score (nSPS) is 11.4. The highest BCUT2D eigenvalue weighted by molar-refractivity contribution is 9.10. The van der Waals surface area contributed by atoms with Gasteiger partial charge in [-0.1, -0.05) is 12.1 Å². The van der Waals surface area contributed by atoms with Gasteiger partial charge in [-0.15, -0.1) is 0 Å². The Bertz CT molecular complexity index is 758. The van der Waals surface area contributed by atoms with Crippen molar-refractivity contribution < 1.29 is 17.9 Å². The van der Waals surface area contributed by atoms with Gasteiger partial charge in [0.2, 0.25) is 0 Å². The number of halogens is 2. The highest BCUT2D eigenvalue weighted by Crippen LogP contribution is 2.28. The van der Waals surface area contributed by atoms with Gasteiger partial charge in [0, 0.05) is 4.47 Å². The van der Waals surface area contributed by atoms with Crippen molar-refractivity contribution in [3.8, 4) is 0 Å². The molecule has 0 fully saturated rings. The van der Waals surface area contributed by atoms with Crippen molar-refractivity contribution in [3.63, 3.8) is 0 Å². The first-order chi connectivity index (χ1) is 9.85. The molecule has 2 aromatic carbocycles. The van der Waals surface area contributed by atoms with Crippen LogP contribution in [0.2, 0.25) is 0 Å². The molecule has 21 heavy (non-hydrogen) atoms. The second kappa shape index (κ2) is 6.13. The monoisotopic (exact) mass is 373 g/mol. The smallest absolute Gasteiger partial charge is 0.262 e. The minimum Gasteiger partial charge on any atom is -0.392 e. The zero-order chi connectivity index (χ0) is 15.6. The van der Waals surface area contributed by atoms with E-state index < -0.39 is 15.8 Å². The largest absolute Gasteiger partial charge is 0.392 e. The standard InChI is InChI=1S/C14H13BrFNO3S/c1-9-5-6-11(7-10(9)8-18)21(19,20)17-14-12(15)3-2-4-13(14)16/h2-7,17-18H,8H2,1H3. The lowest BCUT2D eigenvalue weighted by atomic mass is 10.1. The third-order valence-electron chi connectivity index (χ3n) is 3.00. The zero-order valence-corrected chi connectivity index (χ0v) is 13.5. The fraction of sp³-hybridized carbons (Fsp3) is 0.143. The van der Waals surface area contributed by atoms with Crippen molar-refractivity contribution in [2.24, 2.45) is 0 Å². The predicted molar refractivity (Wildman–Crippen MR) is 82.0 cm³/mol. The molecule has 0 spiro atoms. The molecule has 2 aromatic rings. The number of aliphatic hydroxyl groups excluding tert-OH is 1. The van der Waals surface area contributed by atoms with Gasteiger partial charge in [-0.25, -0.2) is 12.8 Å². The number of hydrogen-bond acceptors (Lipinski definition) is 3. The van der Waals surface area contributed by atoms with Gasteiger partial charge in [0.1, 0.15) is 5.82 Å². The van der Waals surface area contributed by atoms with Crippen LogP contribution in [0.5, 0.6) is 0 Å². The fourth-order valence-corrected chi connectivity index (χ4v) is 3.48. The molecule has 0 radical (unpaired) electrons. The second-order valence-corrected chi connectivity index (χ2v) is 6.99. The molecule has 0 bridgehead atoms. The molecular formula is C14H13BrFNO3S. The number of nitrogens with one attached hydrogen (secondary N) is 1. The first-order valence-corrected chi connectivity index (χ1v) is 8.30. The number of hydrogen-bond donors (Lipinski definition) is 2. The van der Waals surface area contributed by atoms with E-state index in [0.29, 0.717) is 10.0 Å². The van der Waals surface area contributed by atoms with Crippen LogP contribution in [0.4, 0.5) is 10.1 Å². The van der Waals surface area contributed by atoms with Crippen molar-refractivity contribution in [1.82, 2.24) is 0 Å². The number of sulfonamides is 1. The lowest BCUT2D eigenvalue weighted by molar-refractivity contribution is 0.281. The summed E-state index contributed by atoms with van der Waals surface area (Å²) in [6.45, 7) is 1.50. The summed E-state index contributed by atoms with van der Waals surface area (Å²) in [5.41, 5.74) is 1.14. The van der Waals surface area contributed by atoms with Crippen LogP contribution < -0.4 is 4.72 Å². The van der Waals surface area contributed by atoms with Crippen molar-refractivity contribution in [2.45, 2.75) is 18.4 Å². The van der Waals surface area contributed by atoms with Crippen LogP contribution in [0.3, 0.4) is 0 Å². The Hall–Kier alpha value is -1.44. The summed E-state index contributed by atoms with van der Waals surface area (Å²) in [5.74, 6) is -0.678. The highest BCUT2D eigenvalue weighted by Gasteiger charge is 2.19. The number of aryl methyl sites for hydroxylation is 1. The minimum atomic E-state index is -3.94. The van der Waals surface area contributed by atoms with E-state index in [-0.39, 0.29) is 17.2 Å². The molecule has 0 unspecified atom stereocenters. The van der Waals surface area contributed by atoms with E-state index in [4.69, 9.17) is 0 Å². The third-order valence-corrected chi connectivity index (χ3v) is 5.01. The first kappa shape index (κ1) is 15.9. The number of anilines is 1. The molecule has 0 saturated heterocycles. The molecular weight excluding hydrogens is 361 g/mol. The Labute approximate surface area is 130 Å². The summed E-state index contributed by atoms with van der Waals surface area (Å²) in [5, 5.41) is 9.20. The van der Waals surface area contributed by atoms with Crippen LogP contribution in [-0.4, -0.2) is 13.5 Å². The van der Waals surface area contributed by atoms with Gasteiger partial charge in [-0.2, -0.15) is 0 Å². The summed E-state index contributed by atoms with van der Waals surface area (Å²) < 4.78 is 40.8. The second-order valence-electron chi connectivity index (χ2n) is 4.45. The van der Waals surface area contributed by atoms with Crippen LogP contribution in [-0.2, 0) is 16.6 Å². The maximum absolute atomic E-state index is 13.7. The van der Waals surface area contributed by atoms with E-state index in [1.165, 1.54) is 24.3 Å². The lowest BCUT2D eigenvalue weighted by Gasteiger charge is -2.12. The molecule has 7 heteroatoms. The summed E-state index contributed by atoms with van der Waals surface area (Å²) in [6.07, 6.45) is 0. The maximum atomic E-state index is 13.7. The summed E-state index contributed by atoms with van der Waals surface area (Å²) in [7, 11) is -3.94. The molecule has 4 nitrogen and oxygen atoms in total. The van der Waals surface area contributed by atoms with Crippen molar-refractivity contribution in [1.29, 1.82) is 0 Å². The number of para-hydroxylation sites is 1. The van der Waals surface area contributed by atoms with Crippen LogP contribution in [0.15, 0.2) is 45.8 Å². The minimum absolute atomic E-state index is 0.0349. The quantitative estimate of drug-likeness (QED) is 0.864. The van der Waals surface area contributed by atoms with E-state index in [9.17, 15) is 17.9 Å². The van der Waals surface area contributed by atoms with E-state index >= 15 is 0 Å². The SMILES string of the molecule is Cc1ccc(S(=O)(=O)Nc2c(F)cccc2Br)cc1CO. The van der Waals surface area contributed by atoms with Crippen molar-refractivity contribution >= 4 is 31.6 Å². The molecule has 0 atom stereocenters. The number of aliphatic hydroxyl groups is 1. The summed E-state index contributed by atoms with van der Waals surface area (Å²) in [6, 6.07) is 8.54. The fourth-order valence-electron chi connectivity index (χ4n) is 1.77. The molecule has 0 aliphatic rings. The van der Waals surface area contributed by atoms with Gasteiger partial charge >= 0.3 is 0 Å². The Morgan fingerprint density at radius 1 is 1.29 bits per heavy atom. The van der Waals surface area contributed by atoms with Crippen molar-refractivity contribution in [2.75, 3.05) is 4.72 Å². The van der Waals surface area contributed by atoms with Gasteiger partial charge < -0.3 is 5.11 Å². The average molecular weight is 374 g/mol. The molecule has 2 N–H and O–H groups in total. The van der Waals surface area contributed by atoms with Crippen LogP contribution in [0, 0.1) is 12.7 Å². The summed E-state index contributed by atoms with van der Waals surface area (Å²) >= 11 is 3.11. The molecule has 0 aliphatic carbocycles. The van der Waals surface area contributed by atoms with Gasteiger partial charge in [0.05, 0.1) is 17.2 Å². The molecule has 2 rings (SSSR count). The average Bonchev–Trinajstić information content (AvgIpc) is 2.43. The Balaban J connectivity index is 2.44. The summed E-state index contributed by atoms with van der Waals surface area (Å²) in [4.78, 5) is -0.0349. The Morgan fingerprint density at radius 3 is 2.62 bits per heavy atom. The Kier molecular flexibility index (Phi) is 4.65. The topological polar surface area (TPSA) is 66.4 Å². The Morgan fingerprint density at radius 2 is 2.00 bits per heavy atom. The van der Waals surface area contributed by atoms with Crippen LogP contribution >= 0.6 is 15.9 Å².